The molecule has 0 N–H and O–H groups in total. The number of carbonyl (C=O) groups is 1. The molecule has 1 aliphatic rings. The SMILES string of the molecule is C=C(/C(=C\N(C)c1ccc(-c2nc3ccccc3o2)cc1)C(=O)OCC)N(Cc1ccccc1)C1CCC=CCC1. The first kappa shape index (κ1) is 28.0. The highest BCUT2D eigenvalue weighted by Crippen LogP contribution is 2.30. The fraction of sp³-hybridized carbons (Fsp3) is 0.257. The molecule has 1 aliphatic carbocycles. The molecule has 210 valence electrons. The number of allylic oxidation sites excluding steroid dienone is 2. The third-order valence-corrected chi connectivity index (χ3v) is 7.43. The summed E-state index contributed by atoms with van der Waals surface area (Å²) in [5.74, 6) is 0.197. The average Bonchev–Trinajstić information content (AvgIpc) is 3.26. The lowest BCUT2D eigenvalue weighted by Crippen LogP contribution is -2.36. The van der Waals surface area contributed by atoms with Crippen LogP contribution in [0.2, 0.25) is 0 Å². The summed E-state index contributed by atoms with van der Waals surface area (Å²) >= 11 is 0. The second-order valence-electron chi connectivity index (χ2n) is 10.2. The number of hydrogen-bond donors (Lipinski definition) is 0. The molecule has 3 aromatic carbocycles. The first-order chi connectivity index (χ1) is 20.0. The number of anilines is 1. The highest BCUT2D eigenvalue weighted by Gasteiger charge is 2.26. The number of ether oxygens (including phenoxy) is 1. The molecule has 6 heteroatoms. The van der Waals surface area contributed by atoms with Crippen molar-refractivity contribution in [1.29, 1.82) is 0 Å². The summed E-state index contributed by atoms with van der Waals surface area (Å²) < 4.78 is 11.5. The number of benzene rings is 3. The van der Waals surface area contributed by atoms with E-state index in [-0.39, 0.29) is 12.0 Å². The van der Waals surface area contributed by atoms with E-state index < -0.39 is 0 Å². The first-order valence-corrected chi connectivity index (χ1v) is 14.3. The Hall–Kier alpha value is -4.58. The van der Waals surface area contributed by atoms with Gasteiger partial charge >= 0.3 is 5.97 Å². The lowest BCUT2D eigenvalue weighted by Gasteiger charge is -2.35. The smallest absolute Gasteiger partial charge is 0.341 e. The van der Waals surface area contributed by atoms with Gasteiger partial charge in [0.15, 0.2) is 5.58 Å². The number of hydrogen-bond acceptors (Lipinski definition) is 6. The molecule has 1 heterocycles. The minimum Gasteiger partial charge on any atom is -0.462 e. The minimum absolute atomic E-state index is 0.261. The maximum absolute atomic E-state index is 13.3. The van der Waals surface area contributed by atoms with Crippen LogP contribution >= 0.6 is 0 Å². The number of para-hydroxylation sites is 2. The summed E-state index contributed by atoms with van der Waals surface area (Å²) in [7, 11) is 1.93. The van der Waals surface area contributed by atoms with Crippen LogP contribution in [0, 0.1) is 0 Å². The number of carbonyl (C=O) groups excluding carboxylic acids is 1. The van der Waals surface area contributed by atoms with Crippen molar-refractivity contribution >= 4 is 22.8 Å². The Bertz CT molecular complexity index is 1490. The van der Waals surface area contributed by atoms with Crippen LogP contribution in [0.5, 0.6) is 0 Å². The van der Waals surface area contributed by atoms with Gasteiger partial charge in [-0.15, -0.1) is 0 Å². The molecule has 0 saturated heterocycles. The zero-order chi connectivity index (χ0) is 28.6. The van der Waals surface area contributed by atoms with Gasteiger partial charge in [-0.2, -0.15) is 0 Å². The zero-order valence-corrected chi connectivity index (χ0v) is 23.8. The molecule has 1 aromatic heterocycles. The van der Waals surface area contributed by atoms with Crippen molar-refractivity contribution in [1.82, 2.24) is 9.88 Å². The maximum atomic E-state index is 13.3. The van der Waals surface area contributed by atoms with Crippen molar-refractivity contribution in [3.05, 3.63) is 121 Å². The van der Waals surface area contributed by atoms with E-state index in [1.807, 2.05) is 91.8 Å². The average molecular weight is 548 g/mol. The summed E-state index contributed by atoms with van der Waals surface area (Å²) in [4.78, 5) is 22.2. The topological polar surface area (TPSA) is 58.8 Å². The largest absolute Gasteiger partial charge is 0.462 e. The molecule has 0 spiro atoms. The lowest BCUT2D eigenvalue weighted by atomic mass is 10.0. The predicted octanol–water partition coefficient (Wildman–Crippen LogP) is 7.89. The number of fused-ring (bicyclic) bond motifs is 1. The molecule has 6 nitrogen and oxygen atoms in total. The highest BCUT2D eigenvalue weighted by atomic mass is 16.5. The van der Waals surface area contributed by atoms with Gasteiger partial charge in [-0.1, -0.05) is 61.2 Å². The van der Waals surface area contributed by atoms with Gasteiger partial charge in [-0.05, 0) is 74.6 Å². The molecule has 0 amide bonds. The van der Waals surface area contributed by atoms with Gasteiger partial charge in [-0.3, -0.25) is 0 Å². The molecule has 5 rings (SSSR count). The molecule has 0 aliphatic heterocycles. The molecule has 0 unspecified atom stereocenters. The Labute approximate surface area is 242 Å². The molecule has 0 radical (unpaired) electrons. The molecule has 0 atom stereocenters. The van der Waals surface area contributed by atoms with E-state index in [4.69, 9.17) is 9.15 Å². The molecule has 4 aromatic rings. The monoisotopic (exact) mass is 547 g/mol. The van der Waals surface area contributed by atoms with E-state index in [0.717, 1.165) is 48.0 Å². The van der Waals surface area contributed by atoms with Crippen LogP contribution in [-0.4, -0.2) is 35.5 Å². The van der Waals surface area contributed by atoms with Crippen molar-refractivity contribution in [3.63, 3.8) is 0 Å². The second kappa shape index (κ2) is 13.2. The Morgan fingerprint density at radius 1 is 1.00 bits per heavy atom. The molecule has 41 heavy (non-hydrogen) atoms. The summed E-state index contributed by atoms with van der Waals surface area (Å²) in [6.45, 7) is 7.26. The summed E-state index contributed by atoms with van der Waals surface area (Å²) in [6.07, 6.45) is 10.4. The number of oxazole rings is 1. The summed E-state index contributed by atoms with van der Waals surface area (Å²) in [5, 5.41) is 0. The molecular formula is C35H37N3O3. The van der Waals surface area contributed by atoms with Crippen molar-refractivity contribution in [2.24, 2.45) is 0 Å². The van der Waals surface area contributed by atoms with E-state index in [1.165, 1.54) is 5.56 Å². The van der Waals surface area contributed by atoms with Crippen LogP contribution in [0.1, 0.15) is 38.2 Å². The Balaban J connectivity index is 1.43. The van der Waals surface area contributed by atoms with Crippen LogP contribution < -0.4 is 4.90 Å². The number of esters is 1. The van der Waals surface area contributed by atoms with E-state index in [1.54, 1.807) is 0 Å². The van der Waals surface area contributed by atoms with Crippen LogP contribution in [0.4, 0.5) is 5.69 Å². The van der Waals surface area contributed by atoms with E-state index in [9.17, 15) is 4.79 Å². The van der Waals surface area contributed by atoms with Gasteiger partial charge in [0, 0.05) is 42.8 Å². The van der Waals surface area contributed by atoms with E-state index in [0.29, 0.717) is 30.3 Å². The van der Waals surface area contributed by atoms with Crippen LogP contribution in [0.15, 0.2) is 119 Å². The minimum atomic E-state index is -0.378. The van der Waals surface area contributed by atoms with Gasteiger partial charge in [0.1, 0.15) is 5.52 Å². The standard InChI is InChI=1S/C35H37N3O3/c1-4-40-35(39)31(26(2)38(24-27-14-8-7-9-15-27)30-16-10-5-6-11-17-30)25-37(3)29-22-20-28(21-23-29)34-36-32-18-12-13-19-33(32)41-34/h5-9,12-15,18-23,25,30H,2,4,10-11,16-17,24H2,1,3H3/b31-25+. The lowest BCUT2D eigenvalue weighted by molar-refractivity contribution is -0.138. The predicted molar refractivity (Wildman–Crippen MR) is 165 cm³/mol. The third kappa shape index (κ3) is 6.77. The van der Waals surface area contributed by atoms with Crippen LogP contribution in [-0.2, 0) is 16.1 Å². The fourth-order valence-corrected chi connectivity index (χ4v) is 5.21. The van der Waals surface area contributed by atoms with Gasteiger partial charge in [-0.25, -0.2) is 9.78 Å². The Morgan fingerprint density at radius 2 is 1.68 bits per heavy atom. The van der Waals surface area contributed by atoms with Gasteiger partial charge in [0.05, 0.1) is 12.2 Å². The summed E-state index contributed by atoms with van der Waals surface area (Å²) in [5.41, 5.74) is 5.68. The second-order valence-corrected chi connectivity index (χ2v) is 10.2. The summed E-state index contributed by atoms with van der Waals surface area (Å²) in [6, 6.07) is 26.3. The number of rotatable bonds is 10. The van der Waals surface area contributed by atoms with Gasteiger partial charge in [0.25, 0.3) is 0 Å². The van der Waals surface area contributed by atoms with Crippen molar-refractivity contribution < 1.29 is 13.9 Å². The number of aromatic nitrogens is 1. The van der Waals surface area contributed by atoms with Gasteiger partial charge in [0.2, 0.25) is 5.89 Å². The molecule has 0 bridgehead atoms. The van der Waals surface area contributed by atoms with E-state index in [2.05, 4.69) is 40.7 Å². The fourth-order valence-electron chi connectivity index (χ4n) is 5.21. The van der Waals surface area contributed by atoms with Crippen molar-refractivity contribution in [3.8, 4) is 11.5 Å². The Morgan fingerprint density at radius 3 is 2.37 bits per heavy atom. The van der Waals surface area contributed by atoms with Crippen molar-refractivity contribution in [2.75, 3.05) is 18.6 Å². The zero-order valence-electron chi connectivity index (χ0n) is 23.8. The highest BCUT2D eigenvalue weighted by molar-refractivity contribution is 5.93. The number of nitrogens with zero attached hydrogens (tertiary/aromatic N) is 3. The molecular weight excluding hydrogens is 510 g/mol. The first-order valence-electron chi connectivity index (χ1n) is 14.3. The van der Waals surface area contributed by atoms with E-state index >= 15 is 0 Å². The van der Waals surface area contributed by atoms with Crippen LogP contribution in [0.25, 0.3) is 22.6 Å². The molecule has 0 fully saturated rings. The Kier molecular flexibility index (Phi) is 8.99. The normalized spacial score (nSPS) is 14.0. The van der Waals surface area contributed by atoms with Crippen molar-refractivity contribution in [2.45, 2.75) is 45.2 Å². The quantitative estimate of drug-likeness (QED) is 0.0871. The third-order valence-electron chi connectivity index (χ3n) is 7.43. The van der Waals surface area contributed by atoms with Crippen LogP contribution in [0.3, 0.4) is 0 Å². The van der Waals surface area contributed by atoms with Gasteiger partial charge < -0.3 is 19.0 Å². The maximum Gasteiger partial charge on any atom is 0.341 e. The molecule has 0 saturated carbocycles.